The molecule has 1 saturated heterocycles. The van der Waals surface area contributed by atoms with Gasteiger partial charge in [0.1, 0.15) is 5.82 Å². The number of sulfonamides is 1. The van der Waals surface area contributed by atoms with Crippen LogP contribution in [0.4, 0.5) is 10.1 Å². The largest absolute Gasteiger partial charge is 0.398 e. The van der Waals surface area contributed by atoms with Crippen LogP contribution in [0.25, 0.3) is 0 Å². The van der Waals surface area contributed by atoms with Crippen LogP contribution in [0.2, 0.25) is 0 Å². The molecule has 7 heteroatoms. The van der Waals surface area contributed by atoms with Gasteiger partial charge in [-0.1, -0.05) is 0 Å². The van der Waals surface area contributed by atoms with Crippen LogP contribution in [-0.2, 0) is 14.8 Å². The van der Waals surface area contributed by atoms with E-state index in [1.165, 1.54) is 17.3 Å². The van der Waals surface area contributed by atoms with Gasteiger partial charge in [0.15, 0.2) is 0 Å². The fourth-order valence-corrected chi connectivity index (χ4v) is 3.45. The molecule has 1 aliphatic heterocycles. The number of hydrogen-bond acceptors (Lipinski definition) is 4. The zero-order valence-electron chi connectivity index (χ0n) is 10.7. The second-order valence-electron chi connectivity index (χ2n) is 4.49. The van der Waals surface area contributed by atoms with E-state index >= 15 is 0 Å². The highest BCUT2D eigenvalue weighted by Gasteiger charge is 2.26. The molecule has 0 aromatic heterocycles. The Hall–Kier alpha value is -1.18. The Morgan fingerprint density at radius 2 is 2.05 bits per heavy atom. The summed E-state index contributed by atoms with van der Waals surface area (Å²) in [4.78, 5) is -0.102. The minimum atomic E-state index is -3.71. The summed E-state index contributed by atoms with van der Waals surface area (Å²) in [6.45, 7) is 3.05. The van der Waals surface area contributed by atoms with Crippen molar-refractivity contribution in [3.8, 4) is 0 Å². The Kier molecular flexibility index (Phi) is 4.07. The summed E-state index contributed by atoms with van der Waals surface area (Å²) >= 11 is 0. The predicted molar refractivity (Wildman–Crippen MR) is 69.7 cm³/mol. The Balaban J connectivity index is 2.38. The van der Waals surface area contributed by atoms with Crippen molar-refractivity contribution >= 4 is 15.7 Å². The standard InChI is InChI=1S/C12H17FN2O3S/c1-9-11(13)7-10(8-12(9)14)19(16,17)15-3-2-5-18-6-4-15/h7-8H,2-6,14H2,1H3. The summed E-state index contributed by atoms with van der Waals surface area (Å²) in [7, 11) is -3.71. The number of anilines is 1. The van der Waals surface area contributed by atoms with Gasteiger partial charge < -0.3 is 10.5 Å². The van der Waals surface area contributed by atoms with Gasteiger partial charge in [-0.05, 0) is 25.5 Å². The molecule has 0 bridgehead atoms. The van der Waals surface area contributed by atoms with Crippen molar-refractivity contribution in [1.29, 1.82) is 0 Å². The van der Waals surface area contributed by atoms with Gasteiger partial charge in [-0.2, -0.15) is 4.31 Å². The SMILES string of the molecule is Cc1c(N)cc(S(=O)(=O)N2CCCOCC2)cc1F. The second kappa shape index (κ2) is 5.44. The smallest absolute Gasteiger partial charge is 0.243 e. The topological polar surface area (TPSA) is 72.6 Å². The highest BCUT2D eigenvalue weighted by molar-refractivity contribution is 7.89. The van der Waals surface area contributed by atoms with Gasteiger partial charge >= 0.3 is 0 Å². The molecule has 0 unspecified atom stereocenters. The molecule has 0 saturated carbocycles. The minimum Gasteiger partial charge on any atom is -0.398 e. The molecule has 5 nitrogen and oxygen atoms in total. The Bertz CT molecular complexity index is 543. The van der Waals surface area contributed by atoms with Gasteiger partial charge in [-0.3, -0.25) is 0 Å². The highest BCUT2D eigenvalue weighted by Crippen LogP contribution is 2.24. The van der Waals surface area contributed by atoms with Crippen LogP contribution < -0.4 is 5.73 Å². The molecular formula is C12H17FN2O3S. The van der Waals surface area contributed by atoms with Crippen LogP contribution in [0.3, 0.4) is 0 Å². The van der Waals surface area contributed by atoms with E-state index in [9.17, 15) is 12.8 Å². The van der Waals surface area contributed by atoms with Crippen LogP contribution in [0, 0.1) is 12.7 Å². The van der Waals surface area contributed by atoms with Crippen LogP contribution in [-0.4, -0.2) is 39.0 Å². The van der Waals surface area contributed by atoms with E-state index in [0.717, 1.165) is 6.07 Å². The molecule has 0 radical (unpaired) electrons. The number of nitrogen functional groups attached to an aromatic ring is 1. The van der Waals surface area contributed by atoms with Crippen molar-refractivity contribution < 1.29 is 17.5 Å². The number of nitrogens with zero attached hydrogens (tertiary/aromatic N) is 1. The Labute approximate surface area is 112 Å². The third-order valence-electron chi connectivity index (χ3n) is 3.18. The Morgan fingerprint density at radius 1 is 1.32 bits per heavy atom. The Morgan fingerprint density at radius 3 is 2.74 bits per heavy atom. The van der Waals surface area contributed by atoms with E-state index in [0.29, 0.717) is 26.2 Å². The normalized spacial score (nSPS) is 18.2. The molecule has 1 fully saturated rings. The average molecular weight is 288 g/mol. The number of ether oxygens (including phenoxy) is 1. The maximum atomic E-state index is 13.6. The zero-order valence-corrected chi connectivity index (χ0v) is 11.5. The van der Waals surface area contributed by atoms with Crippen molar-refractivity contribution in [2.24, 2.45) is 0 Å². The lowest BCUT2D eigenvalue weighted by atomic mass is 10.2. The monoisotopic (exact) mass is 288 g/mol. The van der Waals surface area contributed by atoms with Crippen molar-refractivity contribution in [2.75, 3.05) is 32.0 Å². The first-order chi connectivity index (χ1) is 8.93. The van der Waals surface area contributed by atoms with Gasteiger partial charge in [0, 0.05) is 30.9 Å². The van der Waals surface area contributed by atoms with Crippen molar-refractivity contribution in [3.05, 3.63) is 23.5 Å². The quantitative estimate of drug-likeness (QED) is 0.828. The molecule has 0 atom stereocenters. The fraction of sp³-hybridized carbons (Fsp3) is 0.500. The summed E-state index contributed by atoms with van der Waals surface area (Å²) in [5.41, 5.74) is 6.04. The predicted octanol–water partition coefficient (Wildman–Crippen LogP) is 1.13. The van der Waals surface area contributed by atoms with E-state index < -0.39 is 15.8 Å². The molecule has 1 aromatic carbocycles. The molecule has 1 aliphatic rings. The van der Waals surface area contributed by atoms with Gasteiger partial charge in [-0.25, -0.2) is 12.8 Å². The fourth-order valence-electron chi connectivity index (χ4n) is 1.94. The maximum Gasteiger partial charge on any atom is 0.243 e. The summed E-state index contributed by atoms with van der Waals surface area (Å²) in [6, 6.07) is 2.33. The van der Waals surface area contributed by atoms with Gasteiger partial charge in [0.2, 0.25) is 10.0 Å². The van der Waals surface area contributed by atoms with Gasteiger partial charge in [0.25, 0.3) is 0 Å². The van der Waals surface area contributed by atoms with Crippen molar-refractivity contribution in [3.63, 3.8) is 0 Å². The molecule has 1 aromatic rings. The number of nitrogens with two attached hydrogens (primary N) is 1. The van der Waals surface area contributed by atoms with Crippen LogP contribution in [0.5, 0.6) is 0 Å². The van der Waals surface area contributed by atoms with E-state index in [1.807, 2.05) is 0 Å². The lowest BCUT2D eigenvalue weighted by Crippen LogP contribution is -2.33. The van der Waals surface area contributed by atoms with Gasteiger partial charge in [0.05, 0.1) is 11.5 Å². The van der Waals surface area contributed by atoms with E-state index in [1.54, 1.807) is 0 Å². The first kappa shape index (κ1) is 14.2. The number of hydrogen-bond donors (Lipinski definition) is 1. The molecule has 19 heavy (non-hydrogen) atoms. The third kappa shape index (κ3) is 2.88. The van der Waals surface area contributed by atoms with E-state index in [4.69, 9.17) is 10.5 Å². The summed E-state index contributed by atoms with van der Waals surface area (Å²) in [5, 5.41) is 0. The summed E-state index contributed by atoms with van der Waals surface area (Å²) < 4.78 is 45.0. The lowest BCUT2D eigenvalue weighted by Gasteiger charge is -2.20. The second-order valence-corrected chi connectivity index (χ2v) is 6.43. The average Bonchev–Trinajstić information content (AvgIpc) is 2.64. The summed E-state index contributed by atoms with van der Waals surface area (Å²) in [6.07, 6.45) is 0.628. The summed E-state index contributed by atoms with van der Waals surface area (Å²) in [5.74, 6) is -0.607. The number of halogens is 1. The van der Waals surface area contributed by atoms with Crippen molar-refractivity contribution in [2.45, 2.75) is 18.2 Å². The first-order valence-electron chi connectivity index (χ1n) is 6.06. The van der Waals surface area contributed by atoms with Crippen LogP contribution in [0.1, 0.15) is 12.0 Å². The molecule has 2 N–H and O–H groups in total. The highest BCUT2D eigenvalue weighted by atomic mass is 32.2. The third-order valence-corrected chi connectivity index (χ3v) is 5.05. The minimum absolute atomic E-state index is 0.102. The number of rotatable bonds is 2. The maximum absolute atomic E-state index is 13.6. The molecular weight excluding hydrogens is 271 g/mol. The van der Waals surface area contributed by atoms with Crippen molar-refractivity contribution in [1.82, 2.24) is 4.31 Å². The molecule has 0 amide bonds. The zero-order chi connectivity index (χ0) is 14.0. The molecule has 0 aliphatic carbocycles. The molecule has 2 rings (SSSR count). The number of benzene rings is 1. The molecule has 0 spiro atoms. The van der Waals surface area contributed by atoms with Gasteiger partial charge in [-0.15, -0.1) is 0 Å². The molecule has 1 heterocycles. The van der Waals surface area contributed by atoms with E-state index in [2.05, 4.69) is 0 Å². The van der Waals surface area contributed by atoms with Crippen LogP contribution >= 0.6 is 0 Å². The van der Waals surface area contributed by atoms with E-state index in [-0.39, 0.29) is 22.7 Å². The lowest BCUT2D eigenvalue weighted by molar-refractivity contribution is 0.148. The first-order valence-corrected chi connectivity index (χ1v) is 7.50. The van der Waals surface area contributed by atoms with Crippen LogP contribution in [0.15, 0.2) is 17.0 Å². The molecule has 106 valence electrons.